The normalized spacial score (nSPS) is 15.0. The number of hydrogen-bond donors (Lipinski definition) is 2. The fourth-order valence-electron chi connectivity index (χ4n) is 3.06. The summed E-state index contributed by atoms with van der Waals surface area (Å²) >= 11 is 0. The van der Waals surface area contributed by atoms with Crippen molar-refractivity contribution in [1.29, 1.82) is 0 Å². The van der Waals surface area contributed by atoms with Crippen molar-refractivity contribution < 1.29 is 9.59 Å². The van der Waals surface area contributed by atoms with Crippen LogP contribution in [0.4, 0.5) is 5.69 Å². The number of aryl methyl sites for hydroxylation is 1. The maximum absolute atomic E-state index is 12.6. The molecule has 0 saturated carbocycles. The van der Waals surface area contributed by atoms with Crippen LogP contribution >= 0.6 is 12.4 Å². The quantitative estimate of drug-likeness (QED) is 0.839. The number of nitrogens with one attached hydrogen (secondary N) is 2. The number of rotatable bonds is 5. The first-order valence-electron chi connectivity index (χ1n) is 8.77. The molecule has 2 rings (SSSR count). The zero-order valence-electron chi connectivity index (χ0n) is 15.6. The zero-order chi connectivity index (χ0) is 17.7. The minimum atomic E-state index is 0. The largest absolute Gasteiger partial charge is 0.339 e. The number of hydrogen-bond acceptors (Lipinski definition) is 3. The maximum Gasteiger partial charge on any atom is 0.253 e. The van der Waals surface area contributed by atoms with Gasteiger partial charge in [-0.3, -0.25) is 9.59 Å². The number of amides is 2. The highest BCUT2D eigenvalue weighted by Crippen LogP contribution is 2.20. The molecular formula is C19H30ClN3O2. The van der Waals surface area contributed by atoms with Crippen LogP contribution < -0.4 is 10.6 Å². The Morgan fingerprint density at radius 1 is 1.24 bits per heavy atom. The van der Waals surface area contributed by atoms with Crippen molar-refractivity contribution in [3.63, 3.8) is 0 Å². The van der Waals surface area contributed by atoms with Gasteiger partial charge in [-0.05, 0) is 56.5 Å². The first-order valence-corrected chi connectivity index (χ1v) is 8.77. The van der Waals surface area contributed by atoms with Crippen LogP contribution in [0.1, 0.15) is 49.0 Å². The molecule has 0 bridgehead atoms. The number of carbonyl (C=O) groups excluding carboxylic acids is 2. The molecule has 5 nitrogen and oxygen atoms in total. The molecular weight excluding hydrogens is 338 g/mol. The third kappa shape index (κ3) is 6.01. The molecule has 1 aromatic carbocycles. The minimum Gasteiger partial charge on any atom is -0.339 e. The van der Waals surface area contributed by atoms with Gasteiger partial charge in [-0.25, -0.2) is 0 Å². The highest BCUT2D eigenvalue weighted by atomic mass is 35.5. The van der Waals surface area contributed by atoms with Crippen molar-refractivity contribution in [2.75, 3.05) is 25.5 Å². The smallest absolute Gasteiger partial charge is 0.253 e. The summed E-state index contributed by atoms with van der Waals surface area (Å²) in [6.07, 6.45) is 2.48. The molecule has 0 unspecified atom stereocenters. The van der Waals surface area contributed by atoms with E-state index in [4.69, 9.17) is 0 Å². The van der Waals surface area contributed by atoms with E-state index in [1.165, 1.54) is 0 Å². The molecule has 1 aliphatic rings. The van der Waals surface area contributed by atoms with Gasteiger partial charge in [0.05, 0.1) is 0 Å². The van der Waals surface area contributed by atoms with Gasteiger partial charge in [0.1, 0.15) is 0 Å². The topological polar surface area (TPSA) is 61.4 Å². The summed E-state index contributed by atoms with van der Waals surface area (Å²) in [5.41, 5.74) is 2.39. The number of carbonyl (C=O) groups is 2. The molecule has 0 atom stereocenters. The summed E-state index contributed by atoms with van der Waals surface area (Å²) < 4.78 is 0. The van der Waals surface area contributed by atoms with Crippen LogP contribution in [0.5, 0.6) is 0 Å². The third-order valence-corrected chi connectivity index (χ3v) is 4.53. The first kappa shape index (κ1) is 21.5. The van der Waals surface area contributed by atoms with E-state index in [2.05, 4.69) is 10.6 Å². The summed E-state index contributed by atoms with van der Waals surface area (Å²) in [7, 11) is 1.97. The molecule has 2 amide bonds. The van der Waals surface area contributed by atoms with Crippen LogP contribution in [0, 0.1) is 12.8 Å². The second-order valence-electron chi connectivity index (χ2n) is 7.03. The monoisotopic (exact) mass is 367 g/mol. The number of benzene rings is 1. The van der Waals surface area contributed by atoms with Gasteiger partial charge in [0.2, 0.25) is 5.91 Å². The van der Waals surface area contributed by atoms with Crippen molar-refractivity contribution in [3.8, 4) is 0 Å². The lowest BCUT2D eigenvalue weighted by atomic mass is 10.0. The van der Waals surface area contributed by atoms with Crippen molar-refractivity contribution in [2.45, 2.75) is 46.1 Å². The molecule has 1 aromatic rings. The fourth-order valence-corrected chi connectivity index (χ4v) is 3.06. The molecule has 0 aromatic heterocycles. The highest BCUT2D eigenvalue weighted by molar-refractivity contribution is 5.96. The Morgan fingerprint density at radius 2 is 1.88 bits per heavy atom. The Labute approximate surface area is 157 Å². The second kappa shape index (κ2) is 9.78. The van der Waals surface area contributed by atoms with E-state index in [9.17, 15) is 9.59 Å². The Balaban J connectivity index is 0.00000312. The molecule has 1 aliphatic heterocycles. The van der Waals surface area contributed by atoms with Crippen LogP contribution in [0.25, 0.3) is 0 Å². The van der Waals surface area contributed by atoms with Crippen LogP contribution in [0.3, 0.4) is 0 Å². The molecule has 0 spiro atoms. The predicted molar refractivity (Wildman–Crippen MR) is 104 cm³/mol. The molecule has 1 heterocycles. The number of anilines is 1. The third-order valence-electron chi connectivity index (χ3n) is 4.53. The van der Waals surface area contributed by atoms with E-state index in [1.54, 1.807) is 0 Å². The molecule has 0 aliphatic carbocycles. The Kier molecular flexibility index (Phi) is 8.39. The van der Waals surface area contributed by atoms with Gasteiger partial charge in [-0.1, -0.05) is 13.8 Å². The number of likely N-dealkylation sites (tertiary alicyclic amines) is 1. The van der Waals surface area contributed by atoms with Crippen LogP contribution in [0.15, 0.2) is 18.2 Å². The van der Waals surface area contributed by atoms with Crippen LogP contribution in [-0.4, -0.2) is 42.9 Å². The number of piperidine rings is 1. The van der Waals surface area contributed by atoms with Crippen molar-refractivity contribution in [2.24, 2.45) is 5.92 Å². The van der Waals surface area contributed by atoms with E-state index in [-0.39, 0.29) is 24.2 Å². The molecule has 25 heavy (non-hydrogen) atoms. The summed E-state index contributed by atoms with van der Waals surface area (Å²) in [5.74, 6) is 0.417. The SMILES string of the molecule is CNC1CCN(C(=O)c2ccc(NC(=O)CC(C)C)c(C)c2)CC1.Cl. The van der Waals surface area contributed by atoms with Gasteiger partial charge in [0.15, 0.2) is 0 Å². The van der Waals surface area contributed by atoms with E-state index in [0.717, 1.165) is 37.2 Å². The second-order valence-corrected chi connectivity index (χ2v) is 7.03. The number of nitrogens with zero attached hydrogens (tertiary/aromatic N) is 1. The summed E-state index contributed by atoms with van der Waals surface area (Å²) in [6, 6.07) is 6.03. The molecule has 6 heteroatoms. The van der Waals surface area contributed by atoms with E-state index in [1.807, 2.05) is 50.9 Å². The molecule has 1 saturated heterocycles. The van der Waals surface area contributed by atoms with E-state index >= 15 is 0 Å². The predicted octanol–water partition coefficient (Wildman–Crippen LogP) is 3.23. The summed E-state index contributed by atoms with van der Waals surface area (Å²) in [4.78, 5) is 26.5. The standard InChI is InChI=1S/C19H29N3O2.ClH/c1-13(2)11-18(23)21-17-6-5-15(12-14(17)3)19(24)22-9-7-16(20-4)8-10-22;/h5-6,12-13,16,20H,7-11H2,1-4H3,(H,21,23);1H. The lowest BCUT2D eigenvalue weighted by Gasteiger charge is -2.32. The maximum atomic E-state index is 12.6. The average molecular weight is 368 g/mol. The Hall–Kier alpha value is -1.59. The van der Waals surface area contributed by atoms with Gasteiger partial charge in [-0.2, -0.15) is 0 Å². The lowest BCUT2D eigenvalue weighted by molar-refractivity contribution is -0.116. The number of halogens is 1. The summed E-state index contributed by atoms with van der Waals surface area (Å²) in [5, 5.41) is 6.20. The van der Waals surface area contributed by atoms with Gasteiger partial charge >= 0.3 is 0 Å². The van der Waals surface area contributed by atoms with Gasteiger partial charge < -0.3 is 15.5 Å². The first-order chi connectivity index (χ1) is 11.4. The lowest BCUT2D eigenvalue weighted by Crippen LogP contribution is -2.43. The minimum absolute atomic E-state index is 0. The van der Waals surface area contributed by atoms with E-state index < -0.39 is 0 Å². The Morgan fingerprint density at radius 3 is 2.40 bits per heavy atom. The van der Waals surface area contributed by atoms with Crippen molar-refractivity contribution in [1.82, 2.24) is 10.2 Å². The fraction of sp³-hybridized carbons (Fsp3) is 0.579. The molecule has 140 valence electrons. The van der Waals surface area contributed by atoms with Gasteiger partial charge in [-0.15, -0.1) is 12.4 Å². The van der Waals surface area contributed by atoms with Crippen LogP contribution in [-0.2, 0) is 4.79 Å². The Bertz CT molecular complexity index is 596. The van der Waals surface area contributed by atoms with Crippen molar-refractivity contribution in [3.05, 3.63) is 29.3 Å². The summed E-state index contributed by atoms with van der Waals surface area (Å²) in [6.45, 7) is 7.54. The molecule has 2 N–H and O–H groups in total. The highest BCUT2D eigenvalue weighted by Gasteiger charge is 2.23. The molecule has 1 fully saturated rings. The zero-order valence-corrected chi connectivity index (χ0v) is 16.4. The average Bonchev–Trinajstić information content (AvgIpc) is 2.55. The van der Waals surface area contributed by atoms with Crippen molar-refractivity contribution >= 4 is 29.9 Å². The van der Waals surface area contributed by atoms with Gasteiger partial charge in [0, 0.05) is 36.8 Å². The van der Waals surface area contributed by atoms with Gasteiger partial charge in [0.25, 0.3) is 5.91 Å². The molecule has 0 radical (unpaired) electrons. The van der Waals surface area contributed by atoms with E-state index in [0.29, 0.717) is 23.9 Å². The van der Waals surface area contributed by atoms with Crippen LogP contribution in [0.2, 0.25) is 0 Å².